The van der Waals surface area contributed by atoms with Crippen LogP contribution in [0.5, 0.6) is 0 Å². The Hall–Kier alpha value is -0.120. The quantitative estimate of drug-likeness (QED) is 0.703. The molecule has 3 heteroatoms. The molecule has 2 aliphatic rings. The van der Waals surface area contributed by atoms with Crippen LogP contribution in [0, 0.1) is 5.92 Å². The molecule has 0 spiro atoms. The van der Waals surface area contributed by atoms with E-state index in [4.69, 9.17) is 0 Å². The average molecular weight is 254 g/mol. The molecule has 0 aromatic rings. The summed E-state index contributed by atoms with van der Waals surface area (Å²) in [5, 5.41) is 16.8. The van der Waals surface area contributed by atoms with Crippen molar-refractivity contribution in [1.29, 1.82) is 0 Å². The lowest BCUT2D eigenvalue weighted by Crippen LogP contribution is -2.41. The van der Waals surface area contributed by atoms with E-state index in [1.807, 2.05) is 0 Å². The largest absolute Gasteiger partial charge is 0.393 e. The molecular formula is C15H30N2O. The molecule has 3 nitrogen and oxygen atoms in total. The maximum Gasteiger partial charge on any atom is 0.0540 e. The van der Waals surface area contributed by atoms with Gasteiger partial charge in [0.25, 0.3) is 0 Å². The van der Waals surface area contributed by atoms with Crippen LogP contribution in [0.2, 0.25) is 0 Å². The zero-order valence-electron chi connectivity index (χ0n) is 11.8. The van der Waals surface area contributed by atoms with Crippen molar-refractivity contribution in [2.75, 3.05) is 13.1 Å². The number of aliphatic hydroxyl groups is 1. The van der Waals surface area contributed by atoms with Crippen LogP contribution in [0.4, 0.5) is 0 Å². The summed E-state index contributed by atoms with van der Waals surface area (Å²) in [5.74, 6) is 0.787. The van der Waals surface area contributed by atoms with Crippen molar-refractivity contribution in [2.45, 2.75) is 76.5 Å². The maximum atomic E-state index is 9.49. The lowest BCUT2D eigenvalue weighted by molar-refractivity contribution is 0.107. The van der Waals surface area contributed by atoms with Gasteiger partial charge in [-0.05, 0) is 70.9 Å². The number of rotatable bonds is 5. The first kappa shape index (κ1) is 14.3. The summed E-state index contributed by atoms with van der Waals surface area (Å²) in [4.78, 5) is 0. The molecule has 1 aliphatic heterocycles. The second-order valence-corrected chi connectivity index (χ2v) is 6.37. The molecule has 2 rings (SSSR count). The summed E-state index contributed by atoms with van der Waals surface area (Å²) < 4.78 is 0. The summed E-state index contributed by atoms with van der Waals surface area (Å²) in [5.41, 5.74) is 0. The van der Waals surface area contributed by atoms with E-state index < -0.39 is 0 Å². The van der Waals surface area contributed by atoms with Crippen molar-refractivity contribution < 1.29 is 5.11 Å². The van der Waals surface area contributed by atoms with Crippen LogP contribution in [0.25, 0.3) is 0 Å². The van der Waals surface area contributed by atoms with Gasteiger partial charge in [0.2, 0.25) is 0 Å². The highest BCUT2D eigenvalue weighted by Crippen LogP contribution is 2.23. The van der Waals surface area contributed by atoms with Crippen molar-refractivity contribution in [1.82, 2.24) is 10.6 Å². The minimum absolute atomic E-state index is 0.0230. The molecule has 0 bridgehead atoms. The number of nitrogens with one attached hydrogen (secondary N) is 2. The van der Waals surface area contributed by atoms with Crippen LogP contribution in [0.1, 0.15) is 58.3 Å². The molecule has 18 heavy (non-hydrogen) atoms. The maximum absolute atomic E-state index is 9.49. The third-order valence-electron chi connectivity index (χ3n) is 4.62. The molecule has 0 amide bonds. The number of hydrogen-bond donors (Lipinski definition) is 3. The van der Waals surface area contributed by atoms with Crippen molar-refractivity contribution in [2.24, 2.45) is 5.92 Å². The van der Waals surface area contributed by atoms with Crippen molar-refractivity contribution in [3.05, 3.63) is 0 Å². The van der Waals surface area contributed by atoms with Gasteiger partial charge in [0.05, 0.1) is 6.10 Å². The van der Waals surface area contributed by atoms with Crippen LogP contribution < -0.4 is 10.6 Å². The topological polar surface area (TPSA) is 44.3 Å². The minimum Gasteiger partial charge on any atom is -0.393 e. The van der Waals surface area contributed by atoms with E-state index in [0.29, 0.717) is 6.04 Å². The summed E-state index contributed by atoms with van der Waals surface area (Å²) in [6.45, 7) is 4.66. The van der Waals surface area contributed by atoms with Gasteiger partial charge >= 0.3 is 0 Å². The summed E-state index contributed by atoms with van der Waals surface area (Å²) in [7, 11) is 0. The predicted octanol–water partition coefficient (Wildman–Crippen LogP) is 2.05. The molecule has 2 unspecified atom stereocenters. The highest BCUT2D eigenvalue weighted by molar-refractivity contribution is 4.79. The fourth-order valence-corrected chi connectivity index (χ4v) is 3.35. The monoisotopic (exact) mass is 254 g/mol. The van der Waals surface area contributed by atoms with E-state index in [2.05, 4.69) is 17.6 Å². The smallest absolute Gasteiger partial charge is 0.0540 e. The van der Waals surface area contributed by atoms with E-state index in [1.165, 1.54) is 45.1 Å². The van der Waals surface area contributed by atoms with Crippen LogP contribution in [0.15, 0.2) is 0 Å². The summed E-state index contributed by atoms with van der Waals surface area (Å²) >= 11 is 0. The molecule has 0 aromatic carbocycles. The second kappa shape index (κ2) is 7.46. The van der Waals surface area contributed by atoms with E-state index in [9.17, 15) is 5.11 Å². The van der Waals surface area contributed by atoms with Crippen LogP contribution in [0.3, 0.4) is 0 Å². The van der Waals surface area contributed by atoms with Crippen LogP contribution in [-0.4, -0.2) is 36.4 Å². The molecule has 1 saturated heterocycles. The van der Waals surface area contributed by atoms with E-state index in [1.54, 1.807) is 0 Å². The average Bonchev–Trinajstić information content (AvgIpc) is 2.39. The first-order valence-electron chi connectivity index (χ1n) is 7.89. The van der Waals surface area contributed by atoms with Crippen LogP contribution >= 0.6 is 0 Å². The van der Waals surface area contributed by atoms with Gasteiger partial charge in [0.1, 0.15) is 0 Å². The third kappa shape index (κ3) is 4.87. The Morgan fingerprint density at radius 2 is 1.94 bits per heavy atom. The first-order valence-corrected chi connectivity index (χ1v) is 7.89. The number of aliphatic hydroxyl groups excluding tert-OH is 1. The standard InChI is InChI=1S/C15H30N2O/c1-12(10-14-4-2-3-9-16-14)17-11-13-5-7-15(18)8-6-13/h12-18H,2-11H2,1H3. The fourth-order valence-electron chi connectivity index (χ4n) is 3.35. The molecule has 2 fully saturated rings. The highest BCUT2D eigenvalue weighted by Gasteiger charge is 2.20. The van der Waals surface area contributed by atoms with Crippen molar-refractivity contribution in [3.8, 4) is 0 Å². The molecular weight excluding hydrogens is 224 g/mol. The predicted molar refractivity (Wildman–Crippen MR) is 75.7 cm³/mol. The zero-order chi connectivity index (χ0) is 12.8. The lowest BCUT2D eigenvalue weighted by Gasteiger charge is -2.29. The molecule has 3 N–H and O–H groups in total. The van der Waals surface area contributed by atoms with Crippen LogP contribution in [-0.2, 0) is 0 Å². The van der Waals surface area contributed by atoms with Crippen molar-refractivity contribution in [3.63, 3.8) is 0 Å². The summed E-state index contributed by atoms with van der Waals surface area (Å²) in [6.07, 6.45) is 9.73. The molecule has 1 heterocycles. The van der Waals surface area contributed by atoms with Gasteiger partial charge in [-0.25, -0.2) is 0 Å². The van der Waals surface area contributed by atoms with Crippen molar-refractivity contribution >= 4 is 0 Å². The van der Waals surface area contributed by atoms with Gasteiger partial charge in [0.15, 0.2) is 0 Å². The third-order valence-corrected chi connectivity index (χ3v) is 4.62. The molecule has 2 atom stereocenters. The Morgan fingerprint density at radius 3 is 2.61 bits per heavy atom. The molecule has 0 aromatic heterocycles. The van der Waals surface area contributed by atoms with Gasteiger partial charge in [-0.15, -0.1) is 0 Å². The Balaban J connectivity index is 1.57. The van der Waals surface area contributed by atoms with Gasteiger partial charge < -0.3 is 15.7 Å². The molecule has 0 radical (unpaired) electrons. The van der Waals surface area contributed by atoms with E-state index in [0.717, 1.165) is 31.3 Å². The SMILES string of the molecule is CC(CC1CCCCN1)NCC1CCC(O)CC1. The normalized spacial score (nSPS) is 35.3. The van der Waals surface area contributed by atoms with E-state index >= 15 is 0 Å². The first-order chi connectivity index (χ1) is 8.74. The fraction of sp³-hybridized carbons (Fsp3) is 1.00. The van der Waals surface area contributed by atoms with Gasteiger partial charge in [-0.3, -0.25) is 0 Å². The second-order valence-electron chi connectivity index (χ2n) is 6.37. The highest BCUT2D eigenvalue weighted by atomic mass is 16.3. The molecule has 1 saturated carbocycles. The Bertz CT molecular complexity index is 221. The van der Waals surface area contributed by atoms with Gasteiger partial charge in [-0.2, -0.15) is 0 Å². The Kier molecular flexibility index (Phi) is 5.93. The lowest BCUT2D eigenvalue weighted by atomic mass is 9.87. The summed E-state index contributed by atoms with van der Waals surface area (Å²) in [6, 6.07) is 1.35. The number of hydrogen-bond acceptors (Lipinski definition) is 3. The van der Waals surface area contributed by atoms with E-state index in [-0.39, 0.29) is 6.10 Å². The molecule has 106 valence electrons. The minimum atomic E-state index is -0.0230. The van der Waals surface area contributed by atoms with Gasteiger partial charge in [0, 0.05) is 12.1 Å². The zero-order valence-corrected chi connectivity index (χ0v) is 11.8. The van der Waals surface area contributed by atoms with Gasteiger partial charge in [-0.1, -0.05) is 6.42 Å². The Morgan fingerprint density at radius 1 is 1.17 bits per heavy atom. The molecule has 1 aliphatic carbocycles. The Labute approximate surface area is 112 Å². The number of piperidine rings is 1.